The van der Waals surface area contributed by atoms with Crippen molar-refractivity contribution >= 4 is 69.1 Å². The summed E-state index contributed by atoms with van der Waals surface area (Å²) >= 11 is 3.57. The molecule has 0 bridgehead atoms. The molecular formula is C44H56N12S2. The quantitative estimate of drug-likeness (QED) is 0.0984. The van der Waals surface area contributed by atoms with Crippen molar-refractivity contribution < 1.29 is 0 Å². The van der Waals surface area contributed by atoms with Gasteiger partial charge in [0.25, 0.3) is 0 Å². The van der Waals surface area contributed by atoms with E-state index in [0.29, 0.717) is 46.9 Å². The maximum absolute atomic E-state index is 6.20. The van der Waals surface area contributed by atoms with Gasteiger partial charge in [0.2, 0.25) is 11.9 Å². The fraction of sp³-hybridized carbons (Fsp3) is 0.409. The Balaban J connectivity index is 0.000000177. The van der Waals surface area contributed by atoms with Crippen molar-refractivity contribution in [2.75, 3.05) is 60.8 Å². The lowest BCUT2D eigenvalue weighted by Gasteiger charge is -2.32. The number of aryl methyl sites for hydroxylation is 4. The minimum atomic E-state index is 0.353. The number of anilines is 4. The van der Waals surface area contributed by atoms with E-state index < -0.39 is 0 Å². The van der Waals surface area contributed by atoms with Gasteiger partial charge in [0.1, 0.15) is 11.6 Å². The minimum Gasteiger partial charge on any atom is -0.383 e. The molecule has 14 heteroatoms. The standard InChI is InChI=1S/2C22H28N6S/c1-14-12-15(2)24-21-19(14)20(23)26-22(27-21)25-17-8-10-28(11-9-17)13-16-4-6-18(29-3)7-5-16;1-14-11-15(2)24-21-19(14)20(23)26-22(27-21)25-17-7-9-28(10-8-17)13-16-5-4-6-18(12-16)29-3/h4-7,12,17H,8-11,13H2,1-3H3,(H3,23,24,25,26,27);4-6,11-12,17H,7-10,13H2,1-3H3,(H3,23,24,25,26,27). The summed E-state index contributed by atoms with van der Waals surface area (Å²) in [7, 11) is 0. The van der Waals surface area contributed by atoms with Crippen molar-refractivity contribution in [1.29, 1.82) is 0 Å². The molecule has 0 atom stereocenters. The Hall–Kier alpha value is -4.76. The number of nitrogens with zero attached hydrogens (tertiary/aromatic N) is 8. The lowest BCUT2D eigenvalue weighted by molar-refractivity contribution is 0.211. The van der Waals surface area contributed by atoms with Gasteiger partial charge in [-0.15, -0.1) is 23.5 Å². The Morgan fingerprint density at radius 2 is 1.03 bits per heavy atom. The van der Waals surface area contributed by atoms with E-state index in [0.717, 1.165) is 98.2 Å². The Labute approximate surface area is 350 Å². The van der Waals surface area contributed by atoms with Gasteiger partial charge in [0, 0.05) is 72.5 Å². The Morgan fingerprint density at radius 1 is 0.569 bits per heavy atom. The highest BCUT2D eigenvalue weighted by atomic mass is 32.2. The molecule has 8 rings (SSSR count). The van der Waals surface area contributed by atoms with Crippen molar-refractivity contribution in [2.45, 2.75) is 88.3 Å². The molecule has 0 amide bonds. The van der Waals surface area contributed by atoms with Gasteiger partial charge in [0.05, 0.1) is 10.8 Å². The molecule has 6 heterocycles. The van der Waals surface area contributed by atoms with Crippen LogP contribution in [0.5, 0.6) is 0 Å². The van der Waals surface area contributed by atoms with E-state index in [1.807, 2.05) is 39.8 Å². The SMILES string of the molecule is CSc1ccc(CN2CCC(Nc3nc(N)c4c(C)cc(C)nc4n3)CC2)cc1.CSc1cccc(CN2CCC(Nc3nc(N)c4c(C)cc(C)nc4n3)CC2)c1. The van der Waals surface area contributed by atoms with Crippen LogP contribution in [-0.2, 0) is 13.1 Å². The van der Waals surface area contributed by atoms with Crippen LogP contribution in [0.3, 0.4) is 0 Å². The van der Waals surface area contributed by atoms with Crippen molar-refractivity contribution in [1.82, 2.24) is 39.7 Å². The third kappa shape index (κ3) is 10.5. The Morgan fingerprint density at radius 3 is 1.50 bits per heavy atom. The number of thioether (sulfide) groups is 2. The maximum atomic E-state index is 6.20. The molecule has 6 aromatic rings. The summed E-state index contributed by atoms with van der Waals surface area (Å²) in [5.41, 5.74) is 20.5. The first-order chi connectivity index (χ1) is 28.0. The molecule has 12 nitrogen and oxygen atoms in total. The second-order valence-corrected chi connectivity index (χ2v) is 17.3. The number of pyridine rings is 2. The molecule has 0 unspecified atom stereocenters. The number of hydrogen-bond donors (Lipinski definition) is 4. The zero-order valence-electron chi connectivity index (χ0n) is 34.5. The predicted octanol–water partition coefficient (Wildman–Crippen LogP) is 8.04. The van der Waals surface area contributed by atoms with Gasteiger partial charge in [0.15, 0.2) is 11.3 Å². The molecule has 6 N–H and O–H groups in total. The van der Waals surface area contributed by atoms with E-state index >= 15 is 0 Å². The Kier molecular flexibility index (Phi) is 13.5. The maximum Gasteiger partial charge on any atom is 0.226 e. The smallest absolute Gasteiger partial charge is 0.226 e. The van der Waals surface area contributed by atoms with Crippen molar-refractivity contribution in [3.05, 3.63) is 94.3 Å². The molecule has 2 aliphatic heterocycles. The molecule has 0 aliphatic carbocycles. The number of likely N-dealkylation sites (tertiary alicyclic amines) is 2. The number of benzene rings is 2. The highest BCUT2D eigenvalue weighted by Crippen LogP contribution is 2.27. The molecule has 0 radical (unpaired) electrons. The summed E-state index contributed by atoms with van der Waals surface area (Å²) in [6.45, 7) is 14.2. The average molecular weight is 817 g/mol. The van der Waals surface area contributed by atoms with Crippen molar-refractivity contribution in [3.63, 3.8) is 0 Å². The molecule has 4 aromatic heterocycles. The number of nitrogens with two attached hydrogens (primary N) is 2. The molecule has 2 aliphatic rings. The Bertz CT molecular complexity index is 2340. The van der Waals surface area contributed by atoms with Crippen LogP contribution in [0.25, 0.3) is 22.1 Å². The van der Waals surface area contributed by atoms with Gasteiger partial charge in [-0.1, -0.05) is 24.3 Å². The highest BCUT2D eigenvalue weighted by Gasteiger charge is 2.22. The number of nitrogen functional groups attached to an aromatic ring is 2. The second-order valence-electron chi connectivity index (χ2n) is 15.5. The van der Waals surface area contributed by atoms with Crippen LogP contribution in [0.1, 0.15) is 59.3 Å². The van der Waals surface area contributed by atoms with Crippen LogP contribution in [-0.4, -0.2) is 90.5 Å². The van der Waals surface area contributed by atoms with Crippen LogP contribution in [0.4, 0.5) is 23.5 Å². The first-order valence-corrected chi connectivity index (χ1v) is 22.5. The van der Waals surface area contributed by atoms with E-state index in [4.69, 9.17) is 11.5 Å². The van der Waals surface area contributed by atoms with Crippen molar-refractivity contribution in [3.8, 4) is 0 Å². The normalized spacial score (nSPS) is 15.7. The van der Waals surface area contributed by atoms with Crippen LogP contribution in [0, 0.1) is 27.7 Å². The highest BCUT2D eigenvalue weighted by molar-refractivity contribution is 7.98. The number of piperidine rings is 2. The van der Waals surface area contributed by atoms with Gasteiger partial charge in [-0.2, -0.15) is 19.9 Å². The number of rotatable bonds is 10. The zero-order chi connectivity index (χ0) is 40.8. The molecule has 2 fully saturated rings. The van der Waals surface area contributed by atoms with E-state index in [1.54, 1.807) is 23.5 Å². The molecule has 0 spiro atoms. The van der Waals surface area contributed by atoms with Gasteiger partial charge >= 0.3 is 0 Å². The minimum absolute atomic E-state index is 0.353. The van der Waals surface area contributed by atoms with Gasteiger partial charge < -0.3 is 22.1 Å². The van der Waals surface area contributed by atoms with Gasteiger partial charge in [-0.25, -0.2) is 9.97 Å². The monoisotopic (exact) mass is 816 g/mol. The second kappa shape index (κ2) is 18.9. The number of hydrogen-bond acceptors (Lipinski definition) is 14. The third-order valence-corrected chi connectivity index (χ3v) is 12.5. The van der Waals surface area contributed by atoms with E-state index in [1.165, 1.54) is 20.9 Å². The number of nitrogens with one attached hydrogen (secondary N) is 2. The first kappa shape index (κ1) is 41.4. The summed E-state index contributed by atoms with van der Waals surface area (Å²) in [4.78, 5) is 35.0. The van der Waals surface area contributed by atoms with Crippen LogP contribution in [0.15, 0.2) is 70.5 Å². The summed E-state index contributed by atoms with van der Waals surface area (Å²) < 4.78 is 0. The van der Waals surface area contributed by atoms with Crippen LogP contribution in [0.2, 0.25) is 0 Å². The van der Waals surface area contributed by atoms with Crippen LogP contribution < -0.4 is 22.1 Å². The van der Waals surface area contributed by atoms with Gasteiger partial charge in [-0.05, 0) is 125 Å². The summed E-state index contributed by atoms with van der Waals surface area (Å²) in [5.74, 6) is 2.15. The van der Waals surface area contributed by atoms with Crippen LogP contribution >= 0.6 is 23.5 Å². The molecular weight excluding hydrogens is 761 g/mol. The molecule has 2 saturated heterocycles. The number of fused-ring (bicyclic) bond motifs is 2. The summed E-state index contributed by atoms with van der Waals surface area (Å²) in [5, 5.41) is 8.66. The predicted molar refractivity (Wildman–Crippen MR) is 243 cm³/mol. The van der Waals surface area contributed by atoms with E-state index in [-0.39, 0.29) is 0 Å². The molecule has 2 aromatic carbocycles. The fourth-order valence-electron chi connectivity index (χ4n) is 8.00. The third-order valence-electron chi connectivity index (χ3n) is 11.0. The lowest BCUT2D eigenvalue weighted by atomic mass is 10.0. The molecule has 304 valence electrons. The topological polar surface area (TPSA) is 160 Å². The molecule has 58 heavy (non-hydrogen) atoms. The average Bonchev–Trinajstić information content (AvgIpc) is 3.19. The largest absolute Gasteiger partial charge is 0.383 e. The first-order valence-electron chi connectivity index (χ1n) is 20.1. The van der Waals surface area contributed by atoms with Crippen molar-refractivity contribution in [2.24, 2.45) is 0 Å². The molecule has 0 saturated carbocycles. The van der Waals surface area contributed by atoms with E-state index in [2.05, 4.69) is 111 Å². The summed E-state index contributed by atoms with van der Waals surface area (Å²) in [6, 6.07) is 22.4. The zero-order valence-corrected chi connectivity index (χ0v) is 36.2. The number of aromatic nitrogens is 6. The lowest BCUT2D eigenvalue weighted by Crippen LogP contribution is -2.39. The van der Waals surface area contributed by atoms with Gasteiger partial charge in [-0.3, -0.25) is 9.80 Å². The fourth-order valence-corrected chi connectivity index (χ4v) is 8.90. The van der Waals surface area contributed by atoms with E-state index in [9.17, 15) is 0 Å². The summed E-state index contributed by atoms with van der Waals surface area (Å²) in [6.07, 6.45) is 8.47.